The van der Waals surface area contributed by atoms with E-state index < -0.39 is 18.0 Å². The van der Waals surface area contributed by atoms with E-state index in [1.807, 2.05) is 56.3 Å². The third kappa shape index (κ3) is 5.68. The summed E-state index contributed by atoms with van der Waals surface area (Å²) in [6.45, 7) is 4.78. The third-order valence-corrected chi connectivity index (χ3v) is 5.90. The van der Waals surface area contributed by atoms with Crippen LogP contribution in [0.25, 0.3) is 11.1 Å². The fraction of sp³-hybridized carbons (Fsp3) is 0.222. The second kappa shape index (κ2) is 10.3. The molecule has 3 aromatic rings. The van der Waals surface area contributed by atoms with Crippen molar-refractivity contribution in [3.05, 3.63) is 83.4 Å². The summed E-state index contributed by atoms with van der Waals surface area (Å²) in [4.78, 5) is 36.6. The maximum Gasteiger partial charge on any atom is 0.345 e. The quantitative estimate of drug-likeness (QED) is 0.368. The van der Waals surface area contributed by atoms with E-state index in [4.69, 9.17) is 4.74 Å². The molecule has 1 aliphatic rings. The first-order valence-corrected chi connectivity index (χ1v) is 11.2. The van der Waals surface area contributed by atoms with Gasteiger partial charge in [-0.2, -0.15) is 0 Å². The molecule has 1 aliphatic heterocycles. The van der Waals surface area contributed by atoms with Crippen molar-refractivity contribution in [3.63, 3.8) is 0 Å². The van der Waals surface area contributed by atoms with Gasteiger partial charge in [-0.3, -0.25) is 0 Å². The van der Waals surface area contributed by atoms with E-state index in [0.29, 0.717) is 17.7 Å². The van der Waals surface area contributed by atoms with Crippen LogP contribution in [-0.2, 0) is 9.53 Å². The van der Waals surface area contributed by atoms with E-state index in [-0.39, 0.29) is 6.03 Å². The maximum absolute atomic E-state index is 12.3. The lowest BCUT2D eigenvalue weighted by atomic mass is 10.0. The van der Waals surface area contributed by atoms with Crippen molar-refractivity contribution in [1.29, 1.82) is 0 Å². The molecule has 3 aromatic carbocycles. The first-order chi connectivity index (χ1) is 16.4. The van der Waals surface area contributed by atoms with Crippen molar-refractivity contribution < 1.29 is 19.1 Å². The van der Waals surface area contributed by atoms with E-state index in [1.54, 1.807) is 24.3 Å². The average molecular weight is 458 g/mol. The van der Waals surface area contributed by atoms with E-state index in [2.05, 4.69) is 16.0 Å². The van der Waals surface area contributed by atoms with Gasteiger partial charge in [-0.1, -0.05) is 30.3 Å². The number of nitrogens with one attached hydrogen (secondary N) is 3. The van der Waals surface area contributed by atoms with Crippen LogP contribution in [0, 0.1) is 13.8 Å². The van der Waals surface area contributed by atoms with Crippen LogP contribution in [0.3, 0.4) is 0 Å². The fourth-order valence-corrected chi connectivity index (χ4v) is 3.76. The Morgan fingerprint density at radius 2 is 1.44 bits per heavy atom. The highest BCUT2D eigenvalue weighted by Gasteiger charge is 2.26. The van der Waals surface area contributed by atoms with Gasteiger partial charge in [-0.25, -0.2) is 14.4 Å². The molecule has 7 nitrogen and oxygen atoms in total. The molecule has 0 radical (unpaired) electrons. The number of ether oxygens (including phenoxy) is 1. The number of benzene rings is 3. The summed E-state index contributed by atoms with van der Waals surface area (Å²) in [7, 11) is 0. The second-order valence-corrected chi connectivity index (χ2v) is 8.39. The topological polar surface area (TPSA) is 96.5 Å². The molecule has 4 rings (SSSR count). The minimum atomic E-state index is -0.653. The van der Waals surface area contributed by atoms with Gasteiger partial charge in [0.1, 0.15) is 6.04 Å². The molecular weight excluding hydrogens is 430 g/mol. The predicted octanol–water partition coefficient (Wildman–Crippen LogP) is 5.05. The molecular formula is C27H27N3O4. The first kappa shape index (κ1) is 23.2. The predicted molar refractivity (Wildman–Crippen MR) is 132 cm³/mol. The number of amides is 2. The van der Waals surface area contributed by atoms with Gasteiger partial charge in [0, 0.05) is 11.4 Å². The Balaban J connectivity index is 1.33. The Labute approximate surface area is 198 Å². The van der Waals surface area contributed by atoms with E-state index in [1.165, 1.54) is 5.56 Å². The van der Waals surface area contributed by atoms with Crippen LogP contribution in [0.2, 0.25) is 0 Å². The largest absolute Gasteiger partial charge is 0.388 e. The summed E-state index contributed by atoms with van der Waals surface area (Å²) in [6.07, 6.45) is 1.58. The third-order valence-electron chi connectivity index (χ3n) is 5.90. The number of carbonyl (C=O) groups excluding carboxylic acids is 3. The van der Waals surface area contributed by atoms with Gasteiger partial charge in [0.05, 0.1) is 5.56 Å². The normalized spacial score (nSPS) is 14.9. The number of carbonyl (C=O) groups is 3. The number of anilines is 2. The molecule has 0 saturated carbocycles. The Kier molecular flexibility index (Phi) is 7.04. The molecule has 0 aromatic heterocycles. The molecule has 2 amide bonds. The highest BCUT2D eigenvalue weighted by molar-refractivity contribution is 6.00. The molecule has 1 atom stereocenters. The SMILES string of the molecule is Cc1ccc(NC(=O)Nc2ccc(-c3ccc(C(=O)OC(=O)[C@H]4CCCN4)cc3)cc2)cc1C. The molecule has 0 aliphatic carbocycles. The van der Waals surface area contributed by atoms with Gasteiger partial charge >= 0.3 is 18.0 Å². The molecule has 0 bridgehead atoms. The molecule has 1 fully saturated rings. The lowest BCUT2D eigenvalue weighted by Crippen LogP contribution is -2.33. The summed E-state index contributed by atoms with van der Waals surface area (Å²) in [5.41, 5.74) is 5.80. The summed E-state index contributed by atoms with van der Waals surface area (Å²) in [5, 5.41) is 8.67. The highest BCUT2D eigenvalue weighted by atomic mass is 16.6. The number of rotatable bonds is 5. The lowest BCUT2D eigenvalue weighted by Gasteiger charge is -2.10. The zero-order chi connectivity index (χ0) is 24.1. The smallest absolute Gasteiger partial charge is 0.345 e. The zero-order valence-corrected chi connectivity index (χ0v) is 19.2. The van der Waals surface area contributed by atoms with Crippen LogP contribution in [0.5, 0.6) is 0 Å². The highest BCUT2D eigenvalue weighted by Crippen LogP contribution is 2.23. The number of esters is 2. The van der Waals surface area contributed by atoms with Crippen LogP contribution in [0.4, 0.5) is 16.2 Å². The summed E-state index contributed by atoms with van der Waals surface area (Å²) in [5.74, 6) is -1.18. The van der Waals surface area contributed by atoms with Crippen molar-refractivity contribution in [2.24, 2.45) is 0 Å². The minimum absolute atomic E-state index is 0.316. The molecule has 0 spiro atoms. The van der Waals surface area contributed by atoms with Crippen molar-refractivity contribution >= 4 is 29.3 Å². The van der Waals surface area contributed by atoms with E-state index in [9.17, 15) is 14.4 Å². The van der Waals surface area contributed by atoms with Crippen molar-refractivity contribution in [3.8, 4) is 11.1 Å². The Morgan fingerprint density at radius 3 is 2.06 bits per heavy atom. The van der Waals surface area contributed by atoms with Crippen molar-refractivity contribution in [2.75, 3.05) is 17.2 Å². The van der Waals surface area contributed by atoms with Crippen LogP contribution in [0.1, 0.15) is 34.3 Å². The van der Waals surface area contributed by atoms with Crippen LogP contribution in [-0.4, -0.2) is 30.6 Å². The molecule has 1 saturated heterocycles. The van der Waals surface area contributed by atoms with Gasteiger partial charge in [-0.15, -0.1) is 0 Å². The number of aryl methyl sites for hydroxylation is 2. The Morgan fingerprint density at radius 1 is 0.824 bits per heavy atom. The monoisotopic (exact) mass is 457 g/mol. The zero-order valence-electron chi connectivity index (χ0n) is 19.2. The number of hydrogen-bond acceptors (Lipinski definition) is 5. The number of hydrogen-bond donors (Lipinski definition) is 3. The van der Waals surface area contributed by atoms with Gasteiger partial charge in [-0.05, 0) is 91.9 Å². The molecule has 34 heavy (non-hydrogen) atoms. The second-order valence-electron chi connectivity index (χ2n) is 8.39. The fourth-order valence-electron chi connectivity index (χ4n) is 3.76. The maximum atomic E-state index is 12.3. The van der Waals surface area contributed by atoms with Gasteiger partial charge in [0.25, 0.3) is 0 Å². The molecule has 7 heteroatoms. The summed E-state index contributed by atoms with van der Waals surface area (Å²) >= 11 is 0. The van der Waals surface area contributed by atoms with E-state index >= 15 is 0 Å². The van der Waals surface area contributed by atoms with Gasteiger partial charge in [0.15, 0.2) is 0 Å². The van der Waals surface area contributed by atoms with Crippen molar-refractivity contribution in [1.82, 2.24) is 5.32 Å². The molecule has 1 heterocycles. The minimum Gasteiger partial charge on any atom is -0.388 e. The molecule has 0 unspecified atom stereocenters. The molecule has 174 valence electrons. The van der Waals surface area contributed by atoms with Crippen LogP contribution >= 0.6 is 0 Å². The number of urea groups is 1. The van der Waals surface area contributed by atoms with Crippen LogP contribution < -0.4 is 16.0 Å². The molecule has 3 N–H and O–H groups in total. The van der Waals surface area contributed by atoms with Gasteiger partial charge < -0.3 is 20.7 Å². The standard InChI is InChI=1S/C27H27N3O4/c1-17-5-12-23(16-18(17)2)30-27(33)29-22-13-10-20(11-14-22)19-6-8-21(9-7-19)25(31)34-26(32)24-4-3-15-28-24/h5-14,16,24,28H,3-4,15H2,1-2H3,(H2,29,30,33)/t24-/m1/s1. The lowest BCUT2D eigenvalue weighted by molar-refractivity contribution is -0.139. The average Bonchev–Trinajstić information content (AvgIpc) is 3.37. The first-order valence-electron chi connectivity index (χ1n) is 11.2. The summed E-state index contributed by atoms with van der Waals surface area (Å²) in [6, 6.07) is 19.3. The van der Waals surface area contributed by atoms with Crippen LogP contribution in [0.15, 0.2) is 66.7 Å². The Bertz CT molecular complexity index is 1200. The van der Waals surface area contributed by atoms with E-state index in [0.717, 1.165) is 35.3 Å². The summed E-state index contributed by atoms with van der Waals surface area (Å²) < 4.78 is 4.99. The van der Waals surface area contributed by atoms with Crippen molar-refractivity contribution in [2.45, 2.75) is 32.7 Å². The Hall–Kier alpha value is -3.97. The van der Waals surface area contributed by atoms with Gasteiger partial charge in [0.2, 0.25) is 0 Å².